The van der Waals surface area contributed by atoms with Crippen LogP contribution in [-0.4, -0.2) is 39.9 Å². The molecule has 8 nitrogen and oxygen atoms in total. The SMILES string of the molecule is Cc1cc(NC(=O)C(=O)N2C[C@H](C)CC[C@H]2c2ccc(F)c(F)c2)cnc1NC(=O)OC(C)(C)C. The lowest BCUT2D eigenvalue weighted by atomic mass is 9.89. The first kappa shape index (κ1) is 26.1. The molecular weight excluding hydrogens is 458 g/mol. The molecule has 2 aromatic rings. The molecule has 0 unspecified atom stereocenters. The molecule has 0 spiro atoms. The van der Waals surface area contributed by atoms with Crippen molar-refractivity contribution in [1.29, 1.82) is 0 Å². The zero-order valence-electron chi connectivity index (χ0n) is 20.4. The predicted molar refractivity (Wildman–Crippen MR) is 127 cm³/mol. The number of ether oxygens (including phenoxy) is 1. The number of nitrogens with zero attached hydrogens (tertiary/aromatic N) is 2. The van der Waals surface area contributed by atoms with E-state index >= 15 is 0 Å². The van der Waals surface area contributed by atoms with Crippen LogP contribution in [0.1, 0.15) is 57.7 Å². The van der Waals surface area contributed by atoms with Crippen molar-refractivity contribution in [2.45, 2.75) is 59.1 Å². The van der Waals surface area contributed by atoms with E-state index in [1.54, 1.807) is 33.8 Å². The summed E-state index contributed by atoms with van der Waals surface area (Å²) in [4.78, 5) is 43.4. The molecule has 10 heteroatoms. The summed E-state index contributed by atoms with van der Waals surface area (Å²) in [5.74, 6) is -3.22. The highest BCUT2D eigenvalue weighted by molar-refractivity contribution is 6.39. The molecule has 1 fully saturated rings. The van der Waals surface area contributed by atoms with Gasteiger partial charge in [0.05, 0.1) is 17.9 Å². The van der Waals surface area contributed by atoms with Crippen molar-refractivity contribution in [1.82, 2.24) is 9.88 Å². The van der Waals surface area contributed by atoms with Crippen molar-refractivity contribution in [3.05, 3.63) is 53.2 Å². The van der Waals surface area contributed by atoms with Crippen molar-refractivity contribution in [2.24, 2.45) is 5.92 Å². The Bertz CT molecular complexity index is 1130. The monoisotopic (exact) mass is 488 g/mol. The number of amides is 3. The molecule has 2 N–H and O–H groups in total. The normalized spacial score (nSPS) is 18.1. The topological polar surface area (TPSA) is 101 Å². The second-order valence-electron chi connectivity index (χ2n) is 9.80. The van der Waals surface area contributed by atoms with Crippen LogP contribution in [0.25, 0.3) is 0 Å². The van der Waals surface area contributed by atoms with E-state index in [1.165, 1.54) is 17.2 Å². The molecule has 3 amide bonds. The summed E-state index contributed by atoms with van der Waals surface area (Å²) in [6.45, 7) is 9.17. The highest BCUT2D eigenvalue weighted by Crippen LogP contribution is 2.34. The molecule has 0 aliphatic carbocycles. The zero-order chi connectivity index (χ0) is 25.9. The molecule has 0 radical (unpaired) electrons. The molecule has 1 aromatic heterocycles. The number of likely N-dealkylation sites (tertiary alicyclic amines) is 1. The number of hydrogen-bond acceptors (Lipinski definition) is 5. The van der Waals surface area contributed by atoms with Crippen LogP contribution < -0.4 is 10.6 Å². The summed E-state index contributed by atoms with van der Waals surface area (Å²) < 4.78 is 32.4. The van der Waals surface area contributed by atoms with Crippen LogP contribution in [0.5, 0.6) is 0 Å². The summed E-state index contributed by atoms with van der Waals surface area (Å²) in [5.41, 5.74) is 0.583. The van der Waals surface area contributed by atoms with Gasteiger partial charge in [0.1, 0.15) is 11.4 Å². The van der Waals surface area contributed by atoms with Gasteiger partial charge in [0.15, 0.2) is 11.6 Å². The van der Waals surface area contributed by atoms with Gasteiger partial charge in [-0.25, -0.2) is 18.6 Å². The fraction of sp³-hybridized carbons (Fsp3) is 0.440. The van der Waals surface area contributed by atoms with Gasteiger partial charge in [-0.2, -0.15) is 0 Å². The third kappa shape index (κ3) is 6.74. The van der Waals surface area contributed by atoms with E-state index in [1.807, 2.05) is 6.92 Å². The van der Waals surface area contributed by atoms with Gasteiger partial charge in [-0.15, -0.1) is 0 Å². The van der Waals surface area contributed by atoms with Crippen LogP contribution >= 0.6 is 0 Å². The number of halogens is 2. The Morgan fingerprint density at radius 1 is 1.09 bits per heavy atom. The first-order chi connectivity index (χ1) is 16.3. The third-order valence-electron chi connectivity index (χ3n) is 5.56. The minimum absolute atomic E-state index is 0.149. The Morgan fingerprint density at radius 3 is 2.43 bits per heavy atom. The molecule has 2 atom stereocenters. The first-order valence-electron chi connectivity index (χ1n) is 11.4. The second kappa shape index (κ2) is 10.4. The lowest BCUT2D eigenvalue weighted by Crippen LogP contribution is -2.46. The van der Waals surface area contributed by atoms with Crippen molar-refractivity contribution >= 4 is 29.4 Å². The van der Waals surface area contributed by atoms with Crippen LogP contribution in [0.15, 0.2) is 30.5 Å². The molecule has 1 aliphatic rings. The Kier molecular flexibility index (Phi) is 7.72. The number of aromatic nitrogens is 1. The van der Waals surface area contributed by atoms with Crippen LogP contribution in [0.3, 0.4) is 0 Å². The molecule has 0 bridgehead atoms. The molecule has 0 saturated carbocycles. The van der Waals surface area contributed by atoms with Gasteiger partial charge in [0.2, 0.25) is 0 Å². The van der Waals surface area contributed by atoms with Gasteiger partial charge < -0.3 is 15.0 Å². The number of carbonyl (C=O) groups excluding carboxylic acids is 3. The van der Waals surface area contributed by atoms with Gasteiger partial charge in [-0.3, -0.25) is 14.9 Å². The molecule has 188 valence electrons. The Morgan fingerprint density at radius 2 is 1.80 bits per heavy atom. The number of anilines is 2. The maximum absolute atomic E-state index is 13.8. The average Bonchev–Trinajstić information content (AvgIpc) is 2.75. The quantitative estimate of drug-likeness (QED) is 0.595. The number of pyridine rings is 1. The number of rotatable bonds is 3. The highest BCUT2D eigenvalue weighted by Gasteiger charge is 2.34. The summed E-state index contributed by atoms with van der Waals surface area (Å²) in [5, 5.41) is 5.08. The lowest BCUT2D eigenvalue weighted by Gasteiger charge is -2.38. The predicted octanol–water partition coefficient (Wildman–Crippen LogP) is 4.95. The molecule has 35 heavy (non-hydrogen) atoms. The minimum Gasteiger partial charge on any atom is -0.444 e. The number of piperidine rings is 1. The van der Waals surface area contributed by atoms with E-state index in [0.29, 0.717) is 24.1 Å². The van der Waals surface area contributed by atoms with E-state index < -0.39 is 41.2 Å². The van der Waals surface area contributed by atoms with Gasteiger partial charge in [0.25, 0.3) is 0 Å². The Labute approximate surface area is 203 Å². The average molecular weight is 489 g/mol. The number of hydrogen-bond donors (Lipinski definition) is 2. The number of nitrogens with one attached hydrogen (secondary N) is 2. The van der Waals surface area contributed by atoms with E-state index in [4.69, 9.17) is 4.74 Å². The van der Waals surface area contributed by atoms with Crippen molar-refractivity contribution in [3.63, 3.8) is 0 Å². The van der Waals surface area contributed by atoms with Gasteiger partial charge in [0, 0.05) is 6.54 Å². The highest BCUT2D eigenvalue weighted by atomic mass is 19.2. The molecule has 1 aromatic carbocycles. The van der Waals surface area contributed by atoms with E-state index in [2.05, 4.69) is 15.6 Å². The summed E-state index contributed by atoms with van der Waals surface area (Å²) >= 11 is 0. The van der Waals surface area contributed by atoms with Crippen LogP contribution in [0.2, 0.25) is 0 Å². The fourth-order valence-electron chi connectivity index (χ4n) is 3.93. The molecule has 2 heterocycles. The fourth-order valence-corrected chi connectivity index (χ4v) is 3.93. The smallest absolute Gasteiger partial charge is 0.413 e. The van der Waals surface area contributed by atoms with Gasteiger partial charge >= 0.3 is 17.9 Å². The van der Waals surface area contributed by atoms with Crippen LogP contribution in [0.4, 0.5) is 25.1 Å². The van der Waals surface area contributed by atoms with E-state index in [0.717, 1.165) is 18.6 Å². The summed E-state index contributed by atoms with van der Waals surface area (Å²) in [7, 11) is 0. The second-order valence-corrected chi connectivity index (χ2v) is 9.80. The Balaban J connectivity index is 1.72. The third-order valence-corrected chi connectivity index (χ3v) is 5.56. The molecule has 1 aliphatic heterocycles. The molecular formula is C25H30F2N4O4. The summed E-state index contributed by atoms with van der Waals surface area (Å²) in [6, 6.07) is 4.54. The van der Waals surface area contributed by atoms with Crippen molar-refractivity contribution in [2.75, 3.05) is 17.2 Å². The number of aryl methyl sites for hydroxylation is 1. The zero-order valence-corrected chi connectivity index (χ0v) is 20.4. The van der Waals surface area contributed by atoms with Crippen molar-refractivity contribution < 1.29 is 27.9 Å². The number of carbonyl (C=O) groups is 3. The van der Waals surface area contributed by atoms with Crippen LogP contribution in [-0.2, 0) is 14.3 Å². The van der Waals surface area contributed by atoms with Gasteiger partial charge in [-0.1, -0.05) is 13.0 Å². The summed E-state index contributed by atoms with van der Waals surface area (Å²) in [6.07, 6.45) is 1.96. The minimum atomic E-state index is -1.00. The van der Waals surface area contributed by atoms with E-state index in [-0.39, 0.29) is 17.4 Å². The maximum Gasteiger partial charge on any atom is 0.413 e. The van der Waals surface area contributed by atoms with Crippen LogP contribution in [0, 0.1) is 24.5 Å². The van der Waals surface area contributed by atoms with Gasteiger partial charge in [-0.05, 0) is 75.8 Å². The number of benzene rings is 1. The largest absolute Gasteiger partial charge is 0.444 e. The maximum atomic E-state index is 13.8. The molecule has 3 rings (SSSR count). The lowest BCUT2D eigenvalue weighted by molar-refractivity contribution is -0.146. The Hall–Kier alpha value is -3.56. The standard InChI is InChI=1S/C25H30F2N4O4/c1-14-6-9-20(16-7-8-18(26)19(27)11-16)31(13-14)23(33)22(32)29-17-10-15(2)21(28-12-17)30-24(34)35-25(3,4)5/h7-8,10-12,14,20H,6,9,13H2,1-5H3,(H,29,32)(H,28,30,34)/t14-,20+/m1/s1. The first-order valence-corrected chi connectivity index (χ1v) is 11.4. The van der Waals surface area contributed by atoms with E-state index in [9.17, 15) is 23.2 Å². The molecule has 1 saturated heterocycles. The van der Waals surface area contributed by atoms with Crippen molar-refractivity contribution in [3.8, 4) is 0 Å².